The molecule has 1 aromatic carbocycles. The van der Waals surface area contributed by atoms with E-state index in [2.05, 4.69) is 11.4 Å². The van der Waals surface area contributed by atoms with Gasteiger partial charge in [-0.1, -0.05) is 23.8 Å². The van der Waals surface area contributed by atoms with Gasteiger partial charge >= 0.3 is 5.97 Å². The summed E-state index contributed by atoms with van der Waals surface area (Å²) in [5, 5.41) is 11.8. The smallest absolute Gasteiger partial charge is 0.332 e. The number of aryl methyl sites for hydroxylation is 2. The van der Waals surface area contributed by atoms with E-state index in [1.54, 1.807) is 0 Å². The van der Waals surface area contributed by atoms with Crippen LogP contribution in [0.3, 0.4) is 0 Å². The Kier molecular flexibility index (Phi) is 4.63. The molecule has 1 aliphatic heterocycles. The minimum Gasteiger partial charge on any atom is -0.479 e. The number of carboxylic acid groups (broad SMARTS) is 1. The topological polar surface area (TPSA) is 75.6 Å². The lowest BCUT2D eigenvalue weighted by Crippen LogP contribution is -2.37. The molecule has 1 aliphatic rings. The normalized spacial score (nSPS) is 22.8. The van der Waals surface area contributed by atoms with Gasteiger partial charge in [-0.15, -0.1) is 0 Å². The van der Waals surface area contributed by atoms with E-state index in [0.717, 1.165) is 11.1 Å². The van der Waals surface area contributed by atoms with Crippen molar-refractivity contribution in [2.24, 2.45) is 0 Å². The molecule has 21 heavy (non-hydrogen) atoms. The highest BCUT2D eigenvalue weighted by Gasteiger charge is 2.35. The quantitative estimate of drug-likeness (QED) is 0.891. The Morgan fingerprint density at radius 2 is 1.95 bits per heavy atom. The molecule has 3 atom stereocenters. The maximum atomic E-state index is 12.1. The van der Waals surface area contributed by atoms with Crippen molar-refractivity contribution >= 4 is 11.9 Å². The predicted molar refractivity (Wildman–Crippen MR) is 78.0 cm³/mol. The van der Waals surface area contributed by atoms with E-state index in [1.807, 2.05) is 32.9 Å². The molecule has 1 heterocycles. The van der Waals surface area contributed by atoms with Crippen molar-refractivity contribution in [2.75, 3.05) is 0 Å². The highest BCUT2D eigenvalue weighted by Crippen LogP contribution is 2.22. The zero-order chi connectivity index (χ0) is 15.6. The number of benzene rings is 1. The molecular weight excluding hydrogens is 270 g/mol. The van der Waals surface area contributed by atoms with Crippen LogP contribution in [-0.4, -0.2) is 29.2 Å². The fourth-order valence-corrected chi connectivity index (χ4v) is 2.71. The number of ether oxygens (including phenoxy) is 1. The third kappa shape index (κ3) is 3.61. The van der Waals surface area contributed by atoms with Crippen molar-refractivity contribution in [3.63, 3.8) is 0 Å². The number of carbonyl (C=O) groups excluding carboxylic acids is 1. The molecule has 0 aromatic heterocycles. The number of hydrogen-bond donors (Lipinski definition) is 2. The zero-order valence-electron chi connectivity index (χ0n) is 12.6. The van der Waals surface area contributed by atoms with Gasteiger partial charge in [0.2, 0.25) is 5.91 Å². The summed E-state index contributed by atoms with van der Waals surface area (Å²) in [6.07, 6.45) is -0.704. The summed E-state index contributed by atoms with van der Waals surface area (Å²) in [6.45, 7) is 5.95. The van der Waals surface area contributed by atoms with Crippen LogP contribution >= 0.6 is 0 Å². The van der Waals surface area contributed by atoms with Crippen LogP contribution in [-0.2, 0) is 14.3 Å². The summed E-state index contributed by atoms with van der Waals surface area (Å²) in [5.74, 6) is -1.25. The summed E-state index contributed by atoms with van der Waals surface area (Å²) in [4.78, 5) is 23.0. The first-order chi connectivity index (χ1) is 9.88. The Labute approximate surface area is 124 Å². The molecule has 114 valence electrons. The van der Waals surface area contributed by atoms with Gasteiger partial charge in [-0.25, -0.2) is 4.79 Å². The van der Waals surface area contributed by atoms with Crippen molar-refractivity contribution in [3.05, 3.63) is 34.9 Å². The lowest BCUT2D eigenvalue weighted by molar-refractivity contribution is -0.151. The van der Waals surface area contributed by atoms with Crippen LogP contribution in [0.1, 0.15) is 42.5 Å². The van der Waals surface area contributed by atoms with Gasteiger partial charge < -0.3 is 15.2 Å². The van der Waals surface area contributed by atoms with Crippen molar-refractivity contribution in [3.8, 4) is 0 Å². The lowest BCUT2D eigenvalue weighted by Gasteiger charge is -2.19. The average molecular weight is 291 g/mol. The summed E-state index contributed by atoms with van der Waals surface area (Å²) < 4.78 is 5.26. The summed E-state index contributed by atoms with van der Waals surface area (Å²) in [5.41, 5.74) is 3.36. The first kappa shape index (κ1) is 15.5. The molecule has 2 rings (SSSR count). The summed E-state index contributed by atoms with van der Waals surface area (Å²) in [7, 11) is 0. The highest BCUT2D eigenvalue weighted by molar-refractivity contribution is 5.83. The van der Waals surface area contributed by atoms with Crippen LogP contribution in [0.25, 0.3) is 0 Å². The monoisotopic (exact) mass is 291 g/mol. The molecule has 1 saturated heterocycles. The van der Waals surface area contributed by atoms with Gasteiger partial charge in [0.15, 0.2) is 6.10 Å². The molecule has 0 aliphatic carbocycles. The number of rotatable bonds is 4. The molecule has 0 saturated carbocycles. The third-order valence-electron chi connectivity index (χ3n) is 3.84. The SMILES string of the molecule is Cc1ccc(C(C)NC(=O)[C@@H]2CC[C@H](C(=O)O)O2)c(C)c1. The minimum atomic E-state index is -1.01. The van der Waals surface area contributed by atoms with Crippen LogP contribution in [0.2, 0.25) is 0 Å². The van der Waals surface area contributed by atoms with Crippen molar-refractivity contribution < 1.29 is 19.4 Å². The second-order valence-corrected chi connectivity index (χ2v) is 5.62. The van der Waals surface area contributed by atoms with E-state index in [1.165, 1.54) is 5.56 Å². The molecule has 1 amide bonds. The molecule has 5 heteroatoms. The third-order valence-corrected chi connectivity index (χ3v) is 3.84. The van der Waals surface area contributed by atoms with Gasteiger partial charge in [0.25, 0.3) is 0 Å². The Morgan fingerprint density at radius 1 is 1.29 bits per heavy atom. The van der Waals surface area contributed by atoms with Gasteiger partial charge in [0.1, 0.15) is 6.10 Å². The van der Waals surface area contributed by atoms with Gasteiger partial charge in [-0.2, -0.15) is 0 Å². The molecule has 0 radical (unpaired) electrons. The van der Waals surface area contributed by atoms with Crippen molar-refractivity contribution in [1.82, 2.24) is 5.32 Å². The maximum Gasteiger partial charge on any atom is 0.332 e. The molecule has 5 nitrogen and oxygen atoms in total. The number of nitrogens with one attached hydrogen (secondary N) is 1. The molecule has 1 fully saturated rings. The predicted octanol–water partition coefficient (Wildman–Crippen LogP) is 2.11. The molecule has 2 N–H and O–H groups in total. The number of aliphatic carboxylic acids is 1. The molecule has 0 bridgehead atoms. The second-order valence-electron chi connectivity index (χ2n) is 5.62. The summed E-state index contributed by atoms with van der Waals surface area (Å²) in [6, 6.07) is 5.96. The molecule has 1 aromatic rings. The number of carbonyl (C=O) groups is 2. The first-order valence-electron chi connectivity index (χ1n) is 7.14. The molecule has 1 unspecified atom stereocenters. The molecular formula is C16H21NO4. The number of hydrogen-bond acceptors (Lipinski definition) is 3. The van der Waals surface area contributed by atoms with Crippen molar-refractivity contribution in [1.29, 1.82) is 0 Å². The van der Waals surface area contributed by atoms with E-state index in [0.29, 0.717) is 12.8 Å². The largest absolute Gasteiger partial charge is 0.479 e. The Bertz CT molecular complexity index is 555. The van der Waals surface area contributed by atoms with Crippen LogP contribution in [0, 0.1) is 13.8 Å². The Morgan fingerprint density at radius 3 is 2.52 bits per heavy atom. The standard InChI is InChI=1S/C16H21NO4/c1-9-4-5-12(10(2)8-9)11(3)17-15(18)13-6-7-14(21-13)16(19)20/h4-5,8,11,13-14H,6-7H2,1-3H3,(H,17,18)(H,19,20)/t11?,13-,14+/m0/s1. The van der Waals surface area contributed by atoms with Gasteiger partial charge in [0.05, 0.1) is 6.04 Å². The number of carboxylic acids is 1. The van der Waals surface area contributed by atoms with Crippen molar-refractivity contribution in [2.45, 2.75) is 51.9 Å². The van der Waals surface area contributed by atoms with E-state index in [-0.39, 0.29) is 11.9 Å². The van der Waals surface area contributed by atoms with Crippen LogP contribution in [0.4, 0.5) is 0 Å². The van der Waals surface area contributed by atoms with Crippen LogP contribution < -0.4 is 5.32 Å². The van der Waals surface area contributed by atoms with Crippen LogP contribution in [0.15, 0.2) is 18.2 Å². The second kappa shape index (κ2) is 6.26. The highest BCUT2D eigenvalue weighted by atomic mass is 16.5. The van der Waals surface area contributed by atoms with E-state index in [4.69, 9.17) is 9.84 Å². The first-order valence-corrected chi connectivity index (χ1v) is 7.14. The Hall–Kier alpha value is -1.88. The van der Waals surface area contributed by atoms with Gasteiger partial charge in [-0.3, -0.25) is 4.79 Å². The Balaban J connectivity index is 1.98. The lowest BCUT2D eigenvalue weighted by atomic mass is 10.00. The number of amides is 1. The zero-order valence-corrected chi connectivity index (χ0v) is 12.6. The summed E-state index contributed by atoms with van der Waals surface area (Å²) >= 11 is 0. The van der Waals surface area contributed by atoms with Crippen LogP contribution in [0.5, 0.6) is 0 Å². The molecule has 0 spiro atoms. The van der Waals surface area contributed by atoms with Gasteiger partial charge in [-0.05, 0) is 44.7 Å². The van der Waals surface area contributed by atoms with Gasteiger partial charge in [0, 0.05) is 0 Å². The fraction of sp³-hybridized carbons (Fsp3) is 0.500. The minimum absolute atomic E-state index is 0.134. The maximum absolute atomic E-state index is 12.1. The van der Waals surface area contributed by atoms with E-state index in [9.17, 15) is 9.59 Å². The fourth-order valence-electron chi connectivity index (χ4n) is 2.71. The van der Waals surface area contributed by atoms with E-state index >= 15 is 0 Å². The average Bonchev–Trinajstić information content (AvgIpc) is 2.88. The van der Waals surface area contributed by atoms with E-state index < -0.39 is 18.2 Å².